The number of likely N-dealkylation sites (N-methyl/N-ethyl adjacent to an activating group) is 1. The Labute approximate surface area is 137 Å². The second-order valence-corrected chi connectivity index (χ2v) is 6.59. The summed E-state index contributed by atoms with van der Waals surface area (Å²) in [4.78, 5) is 0. The Balaban J connectivity index is 2.50. The summed E-state index contributed by atoms with van der Waals surface area (Å²) in [6.45, 7) is 7.43. The van der Waals surface area contributed by atoms with Crippen LogP contribution in [0.4, 0.5) is 0 Å². The van der Waals surface area contributed by atoms with Crippen LogP contribution in [0.5, 0.6) is 0 Å². The van der Waals surface area contributed by atoms with E-state index in [9.17, 15) is 0 Å². The lowest BCUT2D eigenvalue weighted by molar-refractivity contribution is 0.354. The zero-order chi connectivity index (χ0) is 15.5. The van der Waals surface area contributed by atoms with E-state index < -0.39 is 0 Å². The van der Waals surface area contributed by atoms with Crippen molar-refractivity contribution >= 4 is 23.2 Å². The lowest BCUT2D eigenvalue weighted by atomic mass is 9.75. The Morgan fingerprint density at radius 2 is 1.71 bits per heavy atom. The molecular formula is C18H21Cl2N. The summed E-state index contributed by atoms with van der Waals surface area (Å²) in [5, 5.41) is 5.02. The quantitative estimate of drug-likeness (QED) is 0.753. The lowest BCUT2D eigenvalue weighted by Gasteiger charge is -2.36. The standard InChI is InChI=1S/C18H21Cl2N/c1-4-21-17(15-12-14(19)10-11-16(15)20)18(2,3)13-8-6-5-7-9-13/h5-12,17,21H,4H2,1-3H3. The first kappa shape index (κ1) is 16.4. The molecule has 0 aromatic heterocycles. The molecule has 0 saturated carbocycles. The fraction of sp³-hybridized carbons (Fsp3) is 0.333. The van der Waals surface area contributed by atoms with E-state index in [1.165, 1.54) is 5.56 Å². The van der Waals surface area contributed by atoms with Crippen LogP contribution in [0.25, 0.3) is 0 Å². The lowest BCUT2D eigenvalue weighted by Crippen LogP contribution is -2.37. The Morgan fingerprint density at radius 3 is 2.33 bits per heavy atom. The van der Waals surface area contributed by atoms with E-state index in [0.717, 1.165) is 17.1 Å². The maximum Gasteiger partial charge on any atom is 0.0455 e. The monoisotopic (exact) mass is 321 g/mol. The molecule has 0 amide bonds. The first-order valence-electron chi connectivity index (χ1n) is 7.20. The average molecular weight is 322 g/mol. The molecule has 0 bridgehead atoms. The summed E-state index contributed by atoms with van der Waals surface area (Å²) >= 11 is 12.6. The van der Waals surface area contributed by atoms with E-state index in [0.29, 0.717) is 5.02 Å². The second-order valence-electron chi connectivity index (χ2n) is 5.74. The Morgan fingerprint density at radius 1 is 1.05 bits per heavy atom. The highest BCUT2D eigenvalue weighted by Crippen LogP contribution is 2.40. The zero-order valence-electron chi connectivity index (χ0n) is 12.7. The molecule has 0 heterocycles. The van der Waals surface area contributed by atoms with Crippen LogP contribution < -0.4 is 5.32 Å². The van der Waals surface area contributed by atoms with Gasteiger partial charge in [0.2, 0.25) is 0 Å². The third-order valence-electron chi connectivity index (χ3n) is 3.92. The van der Waals surface area contributed by atoms with Gasteiger partial charge in [-0.25, -0.2) is 0 Å². The molecule has 0 aliphatic heterocycles. The Hall–Kier alpha value is -1.02. The number of nitrogens with one attached hydrogen (secondary N) is 1. The van der Waals surface area contributed by atoms with Gasteiger partial charge in [-0.15, -0.1) is 0 Å². The van der Waals surface area contributed by atoms with Gasteiger partial charge in [-0.05, 0) is 35.9 Å². The maximum absolute atomic E-state index is 6.42. The molecule has 0 radical (unpaired) electrons. The van der Waals surface area contributed by atoms with Gasteiger partial charge in [-0.3, -0.25) is 0 Å². The molecule has 0 aliphatic rings. The minimum atomic E-state index is -0.106. The number of benzene rings is 2. The van der Waals surface area contributed by atoms with Crippen LogP contribution in [0.3, 0.4) is 0 Å². The fourth-order valence-electron chi connectivity index (χ4n) is 2.73. The van der Waals surface area contributed by atoms with Crippen molar-refractivity contribution in [3.63, 3.8) is 0 Å². The molecule has 1 atom stereocenters. The van der Waals surface area contributed by atoms with E-state index in [1.54, 1.807) is 0 Å². The van der Waals surface area contributed by atoms with Crippen LogP contribution in [0.2, 0.25) is 10.0 Å². The summed E-state index contributed by atoms with van der Waals surface area (Å²) in [5.41, 5.74) is 2.21. The van der Waals surface area contributed by atoms with Crippen LogP contribution in [-0.2, 0) is 5.41 Å². The van der Waals surface area contributed by atoms with E-state index in [2.05, 4.69) is 50.4 Å². The van der Waals surface area contributed by atoms with Crippen molar-refractivity contribution in [2.45, 2.75) is 32.2 Å². The van der Waals surface area contributed by atoms with Gasteiger partial charge in [-0.1, -0.05) is 74.3 Å². The van der Waals surface area contributed by atoms with Crippen molar-refractivity contribution in [3.8, 4) is 0 Å². The van der Waals surface area contributed by atoms with Crippen molar-refractivity contribution in [2.24, 2.45) is 0 Å². The Bertz CT molecular complexity index is 593. The van der Waals surface area contributed by atoms with Crippen LogP contribution in [0, 0.1) is 0 Å². The molecule has 2 aromatic carbocycles. The van der Waals surface area contributed by atoms with Crippen LogP contribution in [0.1, 0.15) is 37.9 Å². The number of halogens is 2. The molecule has 1 unspecified atom stereocenters. The van der Waals surface area contributed by atoms with Gasteiger partial charge >= 0.3 is 0 Å². The number of hydrogen-bond acceptors (Lipinski definition) is 1. The summed E-state index contributed by atoms with van der Waals surface area (Å²) in [6, 6.07) is 16.2. The molecule has 3 heteroatoms. The smallest absolute Gasteiger partial charge is 0.0455 e. The fourth-order valence-corrected chi connectivity index (χ4v) is 3.14. The summed E-state index contributed by atoms with van der Waals surface area (Å²) in [5.74, 6) is 0. The average Bonchev–Trinajstić information content (AvgIpc) is 2.48. The molecule has 1 nitrogen and oxygen atoms in total. The van der Waals surface area contributed by atoms with E-state index in [1.807, 2.05) is 24.3 Å². The first-order chi connectivity index (χ1) is 9.96. The predicted molar refractivity (Wildman–Crippen MR) is 92.3 cm³/mol. The molecule has 0 spiro atoms. The highest BCUT2D eigenvalue weighted by molar-refractivity contribution is 6.33. The predicted octanol–water partition coefficient (Wildman–Crippen LogP) is 5.62. The summed E-state index contributed by atoms with van der Waals surface area (Å²) < 4.78 is 0. The van der Waals surface area contributed by atoms with Gasteiger partial charge in [0.15, 0.2) is 0 Å². The highest BCUT2D eigenvalue weighted by atomic mass is 35.5. The number of rotatable bonds is 5. The summed E-state index contributed by atoms with van der Waals surface area (Å²) in [6.07, 6.45) is 0. The maximum atomic E-state index is 6.42. The van der Waals surface area contributed by atoms with Crippen molar-refractivity contribution in [3.05, 3.63) is 69.7 Å². The van der Waals surface area contributed by atoms with E-state index >= 15 is 0 Å². The molecule has 2 aromatic rings. The van der Waals surface area contributed by atoms with E-state index in [4.69, 9.17) is 23.2 Å². The molecule has 0 aliphatic carbocycles. The molecule has 2 rings (SSSR count). The minimum absolute atomic E-state index is 0.0936. The summed E-state index contributed by atoms with van der Waals surface area (Å²) in [7, 11) is 0. The third-order valence-corrected chi connectivity index (χ3v) is 4.50. The molecule has 21 heavy (non-hydrogen) atoms. The normalized spacial score (nSPS) is 13.2. The first-order valence-corrected chi connectivity index (χ1v) is 7.96. The third kappa shape index (κ3) is 3.60. The second kappa shape index (κ2) is 6.83. The van der Waals surface area contributed by atoms with Crippen molar-refractivity contribution in [1.82, 2.24) is 5.32 Å². The Kier molecular flexibility index (Phi) is 5.32. The molecule has 1 N–H and O–H groups in total. The largest absolute Gasteiger partial charge is 0.309 e. The van der Waals surface area contributed by atoms with Crippen molar-refractivity contribution in [1.29, 1.82) is 0 Å². The molecule has 0 saturated heterocycles. The zero-order valence-corrected chi connectivity index (χ0v) is 14.2. The number of hydrogen-bond donors (Lipinski definition) is 1. The van der Waals surface area contributed by atoms with Gasteiger partial charge in [0.25, 0.3) is 0 Å². The highest BCUT2D eigenvalue weighted by Gasteiger charge is 2.33. The SMILES string of the molecule is CCNC(c1cc(Cl)ccc1Cl)C(C)(C)c1ccccc1. The van der Waals surface area contributed by atoms with Crippen molar-refractivity contribution in [2.75, 3.05) is 6.54 Å². The molecule has 0 fully saturated rings. The van der Waals surface area contributed by atoms with Gasteiger partial charge in [0, 0.05) is 21.5 Å². The van der Waals surface area contributed by atoms with Crippen LogP contribution >= 0.6 is 23.2 Å². The van der Waals surface area contributed by atoms with Gasteiger partial charge in [-0.2, -0.15) is 0 Å². The molecular weight excluding hydrogens is 301 g/mol. The van der Waals surface area contributed by atoms with Crippen LogP contribution in [-0.4, -0.2) is 6.54 Å². The molecule has 112 valence electrons. The van der Waals surface area contributed by atoms with Crippen LogP contribution in [0.15, 0.2) is 48.5 Å². The van der Waals surface area contributed by atoms with Crippen molar-refractivity contribution < 1.29 is 0 Å². The minimum Gasteiger partial charge on any atom is -0.309 e. The van der Waals surface area contributed by atoms with E-state index in [-0.39, 0.29) is 11.5 Å². The van der Waals surface area contributed by atoms with Gasteiger partial charge < -0.3 is 5.32 Å². The van der Waals surface area contributed by atoms with Gasteiger partial charge in [0.05, 0.1) is 0 Å². The topological polar surface area (TPSA) is 12.0 Å². The van der Waals surface area contributed by atoms with Gasteiger partial charge in [0.1, 0.15) is 0 Å².